The minimum atomic E-state index is -0.0346. The Morgan fingerprint density at radius 3 is 2.41 bits per heavy atom. The number of nitrogens with zero attached hydrogens (tertiary/aromatic N) is 1. The van der Waals surface area contributed by atoms with Gasteiger partial charge in [0.2, 0.25) is 5.91 Å². The molecule has 0 aliphatic carbocycles. The van der Waals surface area contributed by atoms with Gasteiger partial charge in [0.25, 0.3) is 0 Å². The van der Waals surface area contributed by atoms with Crippen molar-refractivity contribution in [3.05, 3.63) is 82.0 Å². The van der Waals surface area contributed by atoms with E-state index in [0.717, 1.165) is 18.8 Å². The largest absolute Gasteiger partial charge is 0.372 e. The highest BCUT2D eigenvalue weighted by Gasteiger charge is 2.16. The van der Waals surface area contributed by atoms with Gasteiger partial charge < -0.3 is 10.2 Å². The van der Waals surface area contributed by atoms with Crippen LogP contribution in [0.5, 0.6) is 0 Å². The third kappa shape index (κ3) is 5.05. The quantitative estimate of drug-likeness (QED) is 0.583. The van der Waals surface area contributed by atoms with Crippen molar-refractivity contribution in [1.29, 1.82) is 0 Å². The number of hydrogen-bond acceptors (Lipinski definition) is 4. The predicted molar refractivity (Wildman–Crippen MR) is 122 cm³/mol. The topological polar surface area (TPSA) is 44.4 Å². The van der Waals surface area contributed by atoms with E-state index in [1.807, 2.05) is 18.2 Å². The zero-order chi connectivity index (χ0) is 20.1. The van der Waals surface area contributed by atoms with Crippen LogP contribution < -0.4 is 15.5 Å². The van der Waals surface area contributed by atoms with Crippen LogP contribution in [0, 0.1) is 6.92 Å². The number of thiophene rings is 1. The van der Waals surface area contributed by atoms with Gasteiger partial charge in [0.15, 0.2) is 0 Å². The van der Waals surface area contributed by atoms with Gasteiger partial charge in [-0.15, -0.1) is 11.3 Å². The van der Waals surface area contributed by atoms with Crippen molar-refractivity contribution >= 4 is 28.6 Å². The summed E-state index contributed by atoms with van der Waals surface area (Å²) in [5, 5.41) is 8.50. The molecule has 0 radical (unpaired) electrons. The lowest BCUT2D eigenvalue weighted by molar-refractivity contribution is -0.115. The third-order valence-electron chi connectivity index (χ3n) is 5.33. The zero-order valence-electron chi connectivity index (χ0n) is 16.7. The standard InChI is InChI=1S/C24H27N3OS/c1-18-6-8-19(9-7-18)24(22-5-4-16-29-22)25-17-23(28)26-20-10-12-21(13-11-20)27-14-2-3-15-27/h4-13,16,24-25H,2-3,14-15,17H2,1H3,(H,26,28)/t24-/m0/s1. The highest BCUT2D eigenvalue weighted by atomic mass is 32.1. The molecule has 1 saturated heterocycles. The van der Waals surface area contributed by atoms with Gasteiger partial charge in [-0.3, -0.25) is 10.1 Å². The molecule has 29 heavy (non-hydrogen) atoms. The molecule has 0 spiro atoms. The first-order valence-electron chi connectivity index (χ1n) is 10.2. The number of anilines is 2. The predicted octanol–water partition coefficient (Wildman–Crippen LogP) is 4.97. The van der Waals surface area contributed by atoms with Crippen LogP contribution in [0.3, 0.4) is 0 Å². The first-order chi connectivity index (χ1) is 14.2. The molecule has 3 aromatic rings. The SMILES string of the molecule is Cc1ccc([C@H](NCC(=O)Nc2ccc(N3CCCC3)cc2)c2cccs2)cc1. The number of carbonyl (C=O) groups is 1. The van der Waals surface area contributed by atoms with E-state index >= 15 is 0 Å². The normalized spacial score (nSPS) is 14.7. The van der Waals surface area contributed by atoms with Gasteiger partial charge in [0.1, 0.15) is 0 Å². The van der Waals surface area contributed by atoms with Crippen LogP contribution in [0.2, 0.25) is 0 Å². The van der Waals surface area contributed by atoms with Crippen LogP contribution in [-0.2, 0) is 4.79 Å². The van der Waals surface area contributed by atoms with E-state index in [1.54, 1.807) is 11.3 Å². The van der Waals surface area contributed by atoms with Gasteiger partial charge in [-0.1, -0.05) is 35.9 Å². The second-order valence-corrected chi connectivity index (χ2v) is 8.51. The molecule has 1 aliphatic heterocycles. The monoisotopic (exact) mass is 405 g/mol. The van der Waals surface area contributed by atoms with Crippen molar-refractivity contribution in [3.63, 3.8) is 0 Å². The highest BCUT2D eigenvalue weighted by molar-refractivity contribution is 7.10. The molecule has 1 atom stereocenters. The Balaban J connectivity index is 1.37. The van der Waals surface area contributed by atoms with Gasteiger partial charge >= 0.3 is 0 Å². The number of carbonyl (C=O) groups excluding carboxylic acids is 1. The molecule has 4 nitrogen and oxygen atoms in total. The maximum Gasteiger partial charge on any atom is 0.238 e. The Labute approximate surface area is 176 Å². The summed E-state index contributed by atoms with van der Waals surface area (Å²) >= 11 is 1.70. The molecular formula is C24H27N3OS. The van der Waals surface area contributed by atoms with Crippen molar-refractivity contribution < 1.29 is 4.79 Å². The summed E-state index contributed by atoms with van der Waals surface area (Å²) in [4.78, 5) is 16.1. The highest BCUT2D eigenvalue weighted by Crippen LogP contribution is 2.26. The van der Waals surface area contributed by atoms with Crippen LogP contribution in [0.25, 0.3) is 0 Å². The Morgan fingerprint density at radius 1 is 1.03 bits per heavy atom. The third-order valence-corrected chi connectivity index (χ3v) is 6.26. The number of hydrogen-bond donors (Lipinski definition) is 2. The number of aryl methyl sites for hydroxylation is 1. The molecule has 150 valence electrons. The van der Waals surface area contributed by atoms with Crippen LogP contribution >= 0.6 is 11.3 Å². The second kappa shape index (κ2) is 9.25. The fourth-order valence-electron chi connectivity index (χ4n) is 3.73. The second-order valence-electron chi connectivity index (χ2n) is 7.53. The van der Waals surface area contributed by atoms with Gasteiger partial charge in [-0.2, -0.15) is 0 Å². The average Bonchev–Trinajstić information content (AvgIpc) is 3.44. The van der Waals surface area contributed by atoms with Gasteiger partial charge in [-0.25, -0.2) is 0 Å². The molecule has 5 heteroatoms. The molecule has 1 aromatic heterocycles. The number of amides is 1. The number of rotatable bonds is 7. The average molecular weight is 406 g/mol. The van der Waals surface area contributed by atoms with E-state index in [1.165, 1.54) is 34.5 Å². The van der Waals surface area contributed by atoms with Crippen LogP contribution in [-0.4, -0.2) is 25.5 Å². The minimum absolute atomic E-state index is 0.0129. The summed E-state index contributed by atoms with van der Waals surface area (Å²) in [5.41, 5.74) is 4.47. The van der Waals surface area contributed by atoms with E-state index in [-0.39, 0.29) is 18.5 Å². The Bertz CT molecular complexity index is 914. The minimum Gasteiger partial charge on any atom is -0.372 e. The molecule has 2 N–H and O–H groups in total. The first kappa shape index (κ1) is 19.7. The van der Waals surface area contributed by atoms with Crippen LogP contribution in [0.4, 0.5) is 11.4 Å². The van der Waals surface area contributed by atoms with Gasteiger partial charge in [-0.05, 0) is 61.0 Å². The zero-order valence-corrected chi connectivity index (χ0v) is 17.5. The summed E-state index contributed by atoms with van der Waals surface area (Å²) < 4.78 is 0. The van der Waals surface area contributed by atoms with Crippen molar-refractivity contribution in [2.75, 3.05) is 29.9 Å². The summed E-state index contributed by atoms with van der Waals surface area (Å²) in [6, 6.07) is 20.8. The molecule has 2 heterocycles. The summed E-state index contributed by atoms with van der Waals surface area (Å²) in [6.45, 7) is 4.58. The van der Waals surface area contributed by atoms with Crippen LogP contribution in [0.15, 0.2) is 66.0 Å². The van der Waals surface area contributed by atoms with E-state index in [9.17, 15) is 4.79 Å². The molecule has 1 fully saturated rings. The van der Waals surface area contributed by atoms with Crippen molar-refractivity contribution in [1.82, 2.24) is 5.32 Å². The molecule has 0 unspecified atom stereocenters. The molecule has 1 aliphatic rings. The van der Waals surface area contributed by atoms with E-state index < -0.39 is 0 Å². The molecule has 0 bridgehead atoms. The lowest BCUT2D eigenvalue weighted by Crippen LogP contribution is -2.31. The lowest BCUT2D eigenvalue weighted by atomic mass is 10.0. The Hall–Kier alpha value is -2.63. The Kier molecular flexibility index (Phi) is 6.27. The fourth-order valence-corrected chi connectivity index (χ4v) is 4.55. The number of benzene rings is 2. The number of nitrogens with one attached hydrogen (secondary N) is 2. The molecule has 0 saturated carbocycles. The smallest absolute Gasteiger partial charge is 0.238 e. The van der Waals surface area contributed by atoms with Gasteiger partial charge in [0, 0.05) is 29.3 Å². The summed E-state index contributed by atoms with van der Waals surface area (Å²) in [5.74, 6) is -0.0346. The first-order valence-corrected chi connectivity index (χ1v) is 11.1. The molecule has 1 amide bonds. The lowest BCUT2D eigenvalue weighted by Gasteiger charge is -2.19. The maximum absolute atomic E-state index is 12.5. The van der Waals surface area contributed by atoms with Crippen molar-refractivity contribution in [2.45, 2.75) is 25.8 Å². The van der Waals surface area contributed by atoms with Crippen LogP contribution in [0.1, 0.15) is 34.9 Å². The molecule has 4 rings (SSSR count). The molecular weight excluding hydrogens is 378 g/mol. The Morgan fingerprint density at radius 2 is 1.76 bits per heavy atom. The van der Waals surface area contributed by atoms with Crippen molar-refractivity contribution in [3.8, 4) is 0 Å². The maximum atomic E-state index is 12.5. The summed E-state index contributed by atoms with van der Waals surface area (Å²) in [7, 11) is 0. The van der Waals surface area contributed by atoms with E-state index in [4.69, 9.17) is 0 Å². The summed E-state index contributed by atoms with van der Waals surface area (Å²) in [6.07, 6.45) is 2.52. The fraction of sp³-hybridized carbons (Fsp3) is 0.292. The van der Waals surface area contributed by atoms with Gasteiger partial charge in [0.05, 0.1) is 12.6 Å². The van der Waals surface area contributed by atoms with E-state index in [0.29, 0.717) is 0 Å². The molecule has 2 aromatic carbocycles. The van der Waals surface area contributed by atoms with E-state index in [2.05, 4.69) is 70.3 Å². The van der Waals surface area contributed by atoms with Crippen molar-refractivity contribution in [2.24, 2.45) is 0 Å².